The number of tetrazole rings is 1. The molecule has 1 aliphatic heterocycles. The van der Waals surface area contributed by atoms with Crippen LogP contribution < -0.4 is 10.5 Å². The second-order valence-corrected chi connectivity index (χ2v) is 9.34. The molecule has 0 bridgehead atoms. The normalized spacial score (nSPS) is 16.8. The number of aromatic nitrogens is 5. The van der Waals surface area contributed by atoms with Gasteiger partial charge in [0, 0.05) is 5.52 Å². The standard InChI is InChI=1S/C23H32N6O/c1-6-23(4,5)29-21(25-26-27-29)20(28-10-8-7-9-11-28)18-14-17-12-15(2)16(3)13-19(17)24-22(18)30/h12-14,20H,6-11H2,1-5H3,(H,24,30)/p+1/t20-/m1/s1. The lowest BCUT2D eigenvalue weighted by Crippen LogP contribution is -3.13. The summed E-state index contributed by atoms with van der Waals surface area (Å²) < 4.78 is 1.93. The molecule has 2 N–H and O–H groups in total. The molecular weight excluding hydrogens is 376 g/mol. The molecule has 1 saturated heterocycles. The molecule has 7 heteroatoms. The average Bonchev–Trinajstić information content (AvgIpc) is 3.21. The summed E-state index contributed by atoms with van der Waals surface area (Å²) in [5.41, 5.74) is 3.77. The summed E-state index contributed by atoms with van der Waals surface area (Å²) in [6.45, 7) is 12.7. The Labute approximate surface area is 177 Å². The van der Waals surface area contributed by atoms with Crippen molar-refractivity contribution in [3.63, 3.8) is 0 Å². The lowest BCUT2D eigenvalue weighted by molar-refractivity contribution is -0.931. The number of fused-ring (bicyclic) bond motifs is 1. The highest BCUT2D eigenvalue weighted by atomic mass is 16.1. The van der Waals surface area contributed by atoms with E-state index in [4.69, 9.17) is 0 Å². The molecule has 160 valence electrons. The van der Waals surface area contributed by atoms with Crippen LogP contribution in [0.3, 0.4) is 0 Å². The van der Waals surface area contributed by atoms with Crippen molar-refractivity contribution in [3.05, 3.63) is 51.1 Å². The van der Waals surface area contributed by atoms with E-state index in [2.05, 4.69) is 73.3 Å². The molecule has 7 nitrogen and oxygen atoms in total. The molecule has 0 saturated carbocycles. The van der Waals surface area contributed by atoms with E-state index in [-0.39, 0.29) is 17.1 Å². The molecule has 0 spiro atoms. The Bertz CT molecular complexity index is 1110. The Morgan fingerprint density at radius 3 is 2.53 bits per heavy atom. The number of aryl methyl sites for hydroxylation is 2. The van der Waals surface area contributed by atoms with Crippen molar-refractivity contribution in [2.45, 2.75) is 71.9 Å². The first-order valence-electron chi connectivity index (χ1n) is 11.1. The van der Waals surface area contributed by atoms with E-state index in [9.17, 15) is 4.79 Å². The molecule has 1 atom stereocenters. The summed E-state index contributed by atoms with van der Waals surface area (Å²) in [6, 6.07) is 6.10. The molecule has 30 heavy (non-hydrogen) atoms. The smallest absolute Gasteiger partial charge is 0.258 e. The molecule has 0 amide bonds. The molecule has 4 rings (SSSR count). The predicted molar refractivity (Wildman–Crippen MR) is 118 cm³/mol. The van der Waals surface area contributed by atoms with Crippen LogP contribution >= 0.6 is 0 Å². The maximum atomic E-state index is 13.3. The zero-order chi connectivity index (χ0) is 21.5. The highest BCUT2D eigenvalue weighted by molar-refractivity contribution is 5.80. The molecule has 0 radical (unpaired) electrons. The molecule has 0 aliphatic carbocycles. The summed E-state index contributed by atoms with van der Waals surface area (Å²) in [5, 5.41) is 13.9. The molecule has 0 unspecified atom stereocenters. The maximum absolute atomic E-state index is 13.3. The first-order valence-corrected chi connectivity index (χ1v) is 11.1. The van der Waals surface area contributed by atoms with E-state index in [0.29, 0.717) is 0 Å². The Balaban J connectivity index is 1.92. The molecule has 3 heterocycles. The minimum absolute atomic E-state index is 0.0438. The minimum Gasteiger partial charge on any atom is -0.322 e. The van der Waals surface area contributed by atoms with Crippen LogP contribution in [0.5, 0.6) is 0 Å². The summed E-state index contributed by atoms with van der Waals surface area (Å²) in [4.78, 5) is 17.8. The van der Waals surface area contributed by atoms with Gasteiger partial charge in [-0.3, -0.25) is 4.79 Å². The Morgan fingerprint density at radius 1 is 1.13 bits per heavy atom. The van der Waals surface area contributed by atoms with Crippen molar-refractivity contribution in [3.8, 4) is 0 Å². The third-order valence-corrected chi connectivity index (χ3v) is 6.89. The lowest BCUT2D eigenvalue weighted by Gasteiger charge is -2.33. The van der Waals surface area contributed by atoms with Gasteiger partial charge in [0.2, 0.25) is 5.82 Å². The molecule has 2 aromatic heterocycles. The maximum Gasteiger partial charge on any atom is 0.258 e. The quantitative estimate of drug-likeness (QED) is 0.678. The second-order valence-electron chi connectivity index (χ2n) is 9.34. The first-order chi connectivity index (χ1) is 14.3. The van der Waals surface area contributed by atoms with Crippen molar-refractivity contribution in [2.24, 2.45) is 0 Å². The highest BCUT2D eigenvalue weighted by Crippen LogP contribution is 2.26. The monoisotopic (exact) mass is 409 g/mol. The van der Waals surface area contributed by atoms with Gasteiger partial charge in [-0.2, -0.15) is 0 Å². The molecule has 3 aromatic rings. The summed E-state index contributed by atoms with van der Waals surface area (Å²) in [5.74, 6) is 0.785. The van der Waals surface area contributed by atoms with Crippen LogP contribution in [-0.2, 0) is 5.54 Å². The van der Waals surface area contributed by atoms with Crippen molar-refractivity contribution >= 4 is 10.9 Å². The van der Waals surface area contributed by atoms with Gasteiger partial charge in [0.25, 0.3) is 5.56 Å². The largest absolute Gasteiger partial charge is 0.322 e. The van der Waals surface area contributed by atoms with Gasteiger partial charge < -0.3 is 9.88 Å². The third-order valence-electron chi connectivity index (χ3n) is 6.89. The van der Waals surface area contributed by atoms with Crippen LogP contribution in [0.2, 0.25) is 0 Å². The number of aromatic amines is 1. The number of nitrogens with one attached hydrogen (secondary N) is 2. The minimum atomic E-state index is -0.219. The van der Waals surface area contributed by atoms with E-state index in [1.165, 1.54) is 22.4 Å². The average molecular weight is 410 g/mol. The van der Waals surface area contributed by atoms with E-state index in [1.54, 1.807) is 0 Å². The summed E-state index contributed by atoms with van der Waals surface area (Å²) in [6.07, 6.45) is 4.47. The molecular formula is C23H33N6O+. The molecule has 1 aliphatic rings. The van der Waals surface area contributed by atoms with Crippen LogP contribution in [0.25, 0.3) is 10.9 Å². The summed E-state index contributed by atoms with van der Waals surface area (Å²) >= 11 is 0. The van der Waals surface area contributed by atoms with E-state index >= 15 is 0 Å². The number of benzene rings is 1. The van der Waals surface area contributed by atoms with Crippen LogP contribution in [0.15, 0.2) is 23.0 Å². The van der Waals surface area contributed by atoms with E-state index < -0.39 is 0 Å². The van der Waals surface area contributed by atoms with Gasteiger partial charge in [-0.1, -0.05) is 6.92 Å². The van der Waals surface area contributed by atoms with E-state index in [1.807, 2.05) is 4.68 Å². The zero-order valence-corrected chi connectivity index (χ0v) is 18.7. The van der Waals surface area contributed by atoms with E-state index in [0.717, 1.165) is 54.6 Å². The number of H-pyrrole nitrogens is 1. The SMILES string of the molecule is CCC(C)(C)n1nnnc1[C@@H](c1cc2cc(C)c(C)cc2[nH]c1=O)[NH+]1CCCCC1. The predicted octanol–water partition coefficient (Wildman–Crippen LogP) is 2.43. The van der Waals surface area contributed by atoms with Gasteiger partial charge in [-0.25, -0.2) is 4.68 Å². The van der Waals surface area contributed by atoms with Crippen LogP contribution in [0.4, 0.5) is 0 Å². The van der Waals surface area contributed by atoms with Gasteiger partial charge in [0.05, 0.1) is 24.2 Å². The highest BCUT2D eigenvalue weighted by Gasteiger charge is 2.37. The van der Waals surface area contributed by atoms with Crippen LogP contribution in [0.1, 0.15) is 75.0 Å². The zero-order valence-electron chi connectivity index (χ0n) is 18.7. The van der Waals surface area contributed by atoms with Gasteiger partial charge in [0.1, 0.15) is 0 Å². The fourth-order valence-corrected chi connectivity index (χ4v) is 4.50. The number of hydrogen-bond donors (Lipinski definition) is 2. The Kier molecular flexibility index (Phi) is 5.49. The number of piperidine rings is 1. The number of pyridine rings is 1. The number of nitrogens with zero attached hydrogens (tertiary/aromatic N) is 4. The first kappa shape index (κ1) is 20.7. The lowest BCUT2D eigenvalue weighted by atomic mass is 9.97. The fraction of sp³-hybridized carbons (Fsp3) is 0.565. The summed E-state index contributed by atoms with van der Waals surface area (Å²) in [7, 11) is 0. The van der Waals surface area contributed by atoms with Gasteiger partial charge in [-0.15, -0.1) is 5.10 Å². The Morgan fingerprint density at radius 2 is 1.83 bits per heavy atom. The number of likely N-dealkylation sites (tertiary alicyclic amines) is 1. The Hall–Kier alpha value is -2.54. The fourth-order valence-electron chi connectivity index (χ4n) is 4.50. The number of rotatable bonds is 5. The topological polar surface area (TPSA) is 80.9 Å². The van der Waals surface area contributed by atoms with Gasteiger partial charge in [0.15, 0.2) is 6.04 Å². The van der Waals surface area contributed by atoms with Crippen molar-refractivity contribution in [2.75, 3.05) is 13.1 Å². The van der Waals surface area contributed by atoms with Gasteiger partial charge >= 0.3 is 0 Å². The van der Waals surface area contributed by atoms with Crippen LogP contribution in [0, 0.1) is 13.8 Å². The number of hydrogen-bond acceptors (Lipinski definition) is 4. The molecule has 1 aromatic carbocycles. The van der Waals surface area contributed by atoms with Crippen LogP contribution in [-0.4, -0.2) is 38.3 Å². The van der Waals surface area contributed by atoms with Crippen molar-refractivity contribution in [1.29, 1.82) is 0 Å². The third kappa shape index (κ3) is 3.67. The van der Waals surface area contributed by atoms with Crippen molar-refractivity contribution in [1.82, 2.24) is 25.2 Å². The number of quaternary nitrogens is 1. The molecule has 1 fully saturated rings. The second kappa shape index (κ2) is 7.95. The van der Waals surface area contributed by atoms with Crippen molar-refractivity contribution < 1.29 is 4.90 Å². The van der Waals surface area contributed by atoms with Gasteiger partial charge in [-0.05, 0) is 98.5 Å².